The summed E-state index contributed by atoms with van der Waals surface area (Å²) in [4.78, 5) is 11.7. The Labute approximate surface area is 103 Å². The molecule has 1 aliphatic heterocycles. The van der Waals surface area contributed by atoms with Crippen molar-refractivity contribution in [3.05, 3.63) is 41.1 Å². The minimum absolute atomic E-state index is 0.103. The Balaban J connectivity index is 2.12. The summed E-state index contributed by atoms with van der Waals surface area (Å²) in [6.07, 6.45) is 1.35. The van der Waals surface area contributed by atoms with Gasteiger partial charge in [0.05, 0.1) is 17.4 Å². The van der Waals surface area contributed by atoms with Crippen molar-refractivity contribution < 1.29 is 22.7 Å². The molecule has 0 fully saturated rings. The summed E-state index contributed by atoms with van der Waals surface area (Å²) in [7, 11) is -3.26. The van der Waals surface area contributed by atoms with Crippen LogP contribution < -0.4 is 5.32 Å². The van der Waals surface area contributed by atoms with Gasteiger partial charge < -0.3 is 10.4 Å². The van der Waals surface area contributed by atoms with Crippen molar-refractivity contribution in [2.45, 2.75) is 6.04 Å². The van der Waals surface area contributed by atoms with Crippen LogP contribution in [0.1, 0.15) is 10.4 Å². The van der Waals surface area contributed by atoms with E-state index in [1.54, 1.807) is 0 Å². The smallest absolute Gasteiger partial charge is 0.255 e. The van der Waals surface area contributed by atoms with Gasteiger partial charge in [-0.2, -0.15) is 0 Å². The summed E-state index contributed by atoms with van der Waals surface area (Å²) in [6.45, 7) is 0. The highest BCUT2D eigenvalue weighted by Gasteiger charge is 2.24. The topological polar surface area (TPSA) is 83.5 Å². The summed E-state index contributed by atoms with van der Waals surface area (Å²) in [5, 5.41) is 12.9. The zero-order valence-electron chi connectivity index (χ0n) is 9.13. The van der Waals surface area contributed by atoms with Gasteiger partial charge in [-0.25, -0.2) is 12.8 Å². The molecule has 0 saturated heterocycles. The lowest BCUT2D eigenvalue weighted by molar-refractivity contribution is 0.0945. The van der Waals surface area contributed by atoms with Crippen molar-refractivity contribution in [2.24, 2.45) is 0 Å². The van der Waals surface area contributed by atoms with Crippen LogP contribution in [0.5, 0.6) is 5.75 Å². The fourth-order valence-corrected chi connectivity index (χ4v) is 2.84. The Kier molecular flexibility index (Phi) is 3.08. The summed E-state index contributed by atoms with van der Waals surface area (Å²) in [6, 6.07) is 2.35. The van der Waals surface area contributed by atoms with E-state index in [4.69, 9.17) is 0 Å². The molecule has 1 aromatic carbocycles. The first-order valence-corrected chi connectivity index (χ1v) is 6.79. The van der Waals surface area contributed by atoms with Crippen LogP contribution in [0, 0.1) is 5.82 Å². The standard InChI is InChI=1S/C11H10FNO4S/c12-7-1-2-9(10(14)5-7)11(15)13-8-3-4-18(16,17)6-8/h1-5,8,14H,6H2,(H,13,15). The Morgan fingerprint density at radius 3 is 2.72 bits per heavy atom. The molecule has 0 aliphatic carbocycles. The SMILES string of the molecule is O=C(NC1C=CS(=O)(=O)C1)c1ccc(F)cc1O. The number of benzene rings is 1. The fraction of sp³-hybridized carbons (Fsp3) is 0.182. The average Bonchev–Trinajstić information content (AvgIpc) is 2.57. The zero-order chi connectivity index (χ0) is 13.3. The normalized spacial score (nSPS) is 20.8. The third-order valence-corrected chi connectivity index (χ3v) is 3.85. The van der Waals surface area contributed by atoms with E-state index in [1.165, 1.54) is 6.08 Å². The molecular formula is C11H10FNO4S. The maximum Gasteiger partial charge on any atom is 0.255 e. The number of nitrogens with one attached hydrogen (secondary N) is 1. The van der Waals surface area contributed by atoms with Crippen molar-refractivity contribution in [3.8, 4) is 5.75 Å². The number of carbonyl (C=O) groups excluding carboxylic acids is 1. The number of hydrogen-bond donors (Lipinski definition) is 2. The number of phenols is 1. The van der Waals surface area contributed by atoms with E-state index in [9.17, 15) is 22.7 Å². The third kappa shape index (κ3) is 2.67. The maximum atomic E-state index is 12.7. The number of carbonyl (C=O) groups is 1. The van der Waals surface area contributed by atoms with Crippen molar-refractivity contribution in [2.75, 3.05) is 5.75 Å². The van der Waals surface area contributed by atoms with E-state index < -0.39 is 33.4 Å². The van der Waals surface area contributed by atoms with Crippen molar-refractivity contribution in [1.82, 2.24) is 5.32 Å². The first-order valence-electron chi connectivity index (χ1n) is 5.08. The molecule has 2 rings (SSSR count). The van der Waals surface area contributed by atoms with Crippen LogP contribution in [0.4, 0.5) is 4.39 Å². The Hall–Kier alpha value is -1.89. The lowest BCUT2D eigenvalue weighted by atomic mass is 10.1. The van der Waals surface area contributed by atoms with Crippen LogP contribution >= 0.6 is 0 Å². The van der Waals surface area contributed by atoms with Crippen molar-refractivity contribution in [3.63, 3.8) is 0 Å². The van der Waals surface area contributed by atoms with Gasteiger partial charge in [0.25, 0.3) is 5.91 Å². The Morgan fingerprint density at radius 2 is 2.17 bits per heavy atom. The molecule has 96 valence electrons. The van der Waals surface area contributed by atoms with Crippen LogP contribution in [0.3, 0.4) is 0 Å². The van der Waals surface area contributed by atoms with E-state index in [2.05, 4.69) is 5.32 Å². The molecule has 1 amide bonds. The van der Waals surface area contributed by atoms with Crippen LogP contribution in [0.2, 0.25) is 0 Å². The van der Waals surface area contributed by atoms with Gasteiger partial charge >= 0.3 is 0 Å². The van der Waals surface area contributed by atoms with Crippen LogP contribution in [-0.2, 0) is 9.84 Å². The van der Waals surface area contributed by atoms with Gasteiger partial charge in [-0.3, -0.25) is 4.79 Å². The number of aromatic hydroxyl groups is 1. The molecule has 1 aromatic rings. The van der Waals surface area contributed by atoms with Gasteiger partial charge in [0.15, 0.2) is 9.84 Å². The fourth-order valence-electron chi connectivity index (χ4n) is 1.61. The number of halogens is 1. The van der Waals surface area contributed by atoms with E-state index in [1.807, 2.05) is 0 Å². The maximum absolute atomic E-state index is 12.7. The number of amides is 1. The number of phenolic OH excluding ortho intramolecular Hbond substituents is 1. The van der Waals surface area contributed by atoms with Crippen LogP contribution in [0.25, 0.3) is 0 Å². The van der Waals surface area contributed by atoms with E-state index in [-0.39, 0.29) is 11.3 Å². The number of rotatable bonds is 2. The molecule has 2 N–H and O–H groups in total. The molecule has 18 heavy (non-hydrogen) atoms. The third-order valence-electron chi connectivity index (χ3n) is 2.45. The second-order valence-electron chi connectivity index (χ2n) is 3.90. The lowest BCUT2D eigenvalue weighted by Gasteiger charge is -2.10. The monoisotopic (exact) mass is 271 g/mol. The highest BCUT2D eigenvalue weighted by molar-refractivity contribution is 7.94. The Bertz CT molecular complexity index is 624. The number of hydrogen-bond acceptors (Lipinski definition) is 4. The van der Waals surface area contributed by atoms with E-state index >= 15 is 0 Å². The van der Waals surface area contributed by atoms with Gasteiger partial charge in [-0.15, -0.1) is 0 Å². The first kappa shape index (κ1) is 12.6. The van der Waals surface area contributed by atoms with Gasteiger partial charge in [-0.1, -0.05) is 0 Å². The highest BCUT2D eigenvalue weighted by atomic mass is 32.2. The van der Waals surface area contributed by atoms with E-state index in [0.29, 0.717) is 0 Å². The number of sulfone groups is 1. The van der Waals surface area contributed by atoms with Gasteiger partial charge in [0, 0.05) is 11.5 Å². The average molecular weight is 271 g/mol. The predicted octanol–water partition coefficient (Wildman–Crippen LogP) is 0.572. The van der Waals surface area contributed by atoms with Gasteiger partial charge in [-0.05, 0) is 18.2 Å². The minimum atomic E-state index is -3.26. The summed E-state index contributed by atoms with van der Waals surface area (Å²) < 4.78 is 35.0. The molecule has 5 nitrogen and oxygen atoms in total. The molecule has 0 radical (unpaired) electrons. The lowest BCUT2D eigenvalue weighted by Crippen LogP contribution is -2.35. The summed E-state index contributed by atoms with van der Waals surface area (Å²) in [5.74, 6) is -2.01. The molecular weight excluding hydrogens is 261 g/mol. The molecule has 7 heteroatoms. The molecule has 0 aromatic heterocycles. The first-order chi connectivity index (χ1) is 8.37. The second-order valence-corrected chi connectivity index (χ2v) is 5.83. The summed E-state index contributed by atoms with van der Waals surface area (Å²) >= 11 is 0. The van der Waals surface area contributed by atoms with Crippen LogP contribution in [-0.4, -0.2) is 31.2 Å². The molecule has 0 saturated carbocycles. The largest absolute Gasteiger partial charge is 0.507 e. The molecule has 1 atom stereocenters. The Morgan fingerprint density at radius 1 is 1.44 bits per heavy atom. The van der Waals surface area contributed by atoms with Crippen molar-refractivity contribution in [1.29, 1.82) is 0 Å². The highest BCUT2D eigenvalue weighted by Crippen LogP contribution is 2.18. The summed E-state index contributed by atoms with van der Waals surface area (Å²) in [5.41, 5.74) is -0.103. The van der Waals surface area contributed by atoms with Crippen molar-refractivity contribution >= 4 is 15.7 Å². The molecule has 1 heterocycles. The second kappa shape index (κ2) is 4.41. The molecule has 0 bridgehead atoms. The van der Waals surface area contributed by atoms with Gasteiger partial charge in [0.1, 0.15) is 11.6 Å². The minimum Gasteiger partial charge on any atom is -0.507 e. The quantitative estimate of drug-likeness (QED) is 0.823. The predicted molar refractivity (Wildman–Crippen MR) is 62.2 cm³/mol. The molecule has 0 spiro atoms. The molecule has 1 aliphatic rings. The van der Waals surface area contributed by atoms with E-state index in [0.717, 1.165) is 23.6 Å². The zero-order valence-corrected chi connectivity index (χ0v) is 9.95. The molecule has 1 unspecified atom stereocenters. The van der Waals surface area contributed by atoms with Gasteiger partial charge in [0.2, 0.25) is 0 Å². The van der Waals surface area contributed by atoms with Crippen LogP contribution in [0.15, 0.2) is 29.7 Å².